The highest BCUT2D eigenvalue weighted by molar-refractivity contribution is 7.26. The second-order valence-corrected chi connectivity index (χ2v) is 15.9. The normalized spacial score (nSPS) is 12.3. The fourth-order valence-electron chi connectivity index (χ4n) is 9.47. The Balaban J connectivity index is 1.13. The molecule has 0 saturated heterocycles. The number of aromatic nitrogens is 3. The largest absolute Gasteiger partial charge is 0.308 e. The van der Waals surface area contributed by atoms with Crippen molar-refractivity contribution in [2.24, 2.45) is 0 Å². The molecule has 0 aliphatic rings. The minimum atomic E-state index is 0.731. The molecule has 258 valence electrons. The van der Waals surface area contributed by atoms with E-state index in [0.717, 1.165) is 38.9 Å². The van der Waals surface area contributed by atoms with Gasteiger partial charge in [0.25, 0.3) is 0 Å². The average molecular weight is 728 g/mol. The molecule has 0 amide bonds. The number of pyridine rings is 1. The number of fused-ring (bicyclic) bond motifs is 11. The molecule has 0 N–H and O–H groups in total. The van der Waals surface area contributed by atoms with Gasteiger partial charge in [-0.2, -0.15) is 0 Å². The molecule has 4 aromatic heterocycles. The van der Waals surface area contributed by atoms with E-state index in [2.05, 4.69) is 174 Å². The summed E-state index contributed by atoms with van der Waals surface area (Å²) in [6.45, 7) is 0. The van der Waals surface area contributed by atoms with Crippen LogP contribution in [0.2, 0.25) is 0 Å². The van der Waals surface area contributed by atoms with Crippen LogP contribution in [0.3, 0.4) is 0 Å². The molecule has 4 heteroatoms. The summed E-state index contributed by atoms with van der Waals surface area (Å²) in [5.74, 6) is 0.731. The summed E-state index contributed by atoms with van der Waals surface area (Å²) in [5, 5.41) is 13.5. The molecule has 0 aliphatic heterocycles. The third kappa shape index (κ3) is 4.06. The van der Waals surface area contributed by atoms with E-state index >= 15 is 0 Å². The van der Waals surface area contributed by atoms with E-state index in [9.17, 15) is 0 Å². The topological polar surface area (TPSA) is 30.2 Å². The second kappa shape index (κ2) is 11.2. The molecule has 0 saturated carbocycles. The van der Waals surface area contributed by atoms with E-state index < -0.39 is 0 Å². The van der Waals surface area contributed by atoms with Crippen molar-refractivity contribution in [2.75, 3.05) is 0 Å². The predicted octanol–water partition coefficient (Wildman–Crippen LogP) is 14.5. The van der Waals surface area contributed by atoms with Crippen LogP contribution in [-0.2, 0) is 0 Å². The van der Waals surface area contributed by atoms with Crippen LogP contribution in [0, 0.1) is 0 Å². The van der Waals surface area contributed by atoms with E-state index in [-0.39, 0.29) is 0 Å². The maximum Gasteiger partial charge on any atom is 0.160 e. The Bertz CT molecular complexity index is 3760. The summed E-state index contributed by atoms with van der Waals surface area (Å²) in [7, 11) is 0. The molecule has 0 unspecified atom stereocenters. The molecule has 56 heavy (non-hydrogen) atoms. The molecule has 0 atom stereocenters. The maximum absolute atomic E-state index is 5.39. The van der Waals surface area contributed by atoms with Gasteiger partial charge in [0.1, 0.15) is 0 Å². The number of hydrogen-bond acceptors (Lipinski definition) is 3. The third-order valence-corrected chi connectivity index (χ3v) is 13.2. The molecule has 0 bridgehead atoms. The van der Waals surface area contributed by atoms with Gasteiger partial charge in [-0.15, -0.1) is 11.3 Å². The lowest BCUT2D eigenvalue weighted by Gasteiger charge is -2.17. The van der Waals surface area contributed by atoms with Gasteiger partial charge in [-0.1, -0.05) is 152 Å². The van der Waals surface area contributed by atoms with Crippen molar-refractivity contribution in [3.63, 3.8) is 0 Å². The Morgan fingerprint density at radius 1 is 0.411 bits per heavy atom. The van der Waals surface area contributed by atoms with Crippen molar-refractivity contribution < 1.29 is 0 Å². The molecular weight excluding hydrogens is 699 g/mol. The Morgan fingerprint density at radius 2 is 1.12 bits per heavy atom. The van der Waals surface area contributed by atoms with Crippen LogP contribution in [0.25, 0.3) is 124 Å². The zero-order valence-electron chi connectivity index (χ0n) is 30.0. The second-order valence-electron chi connectivity index (χ2n) is 14.9. The highest BCUT2D eigenvalue weighted by Crippen LogP contribution is 2.46. The van der Waals surface area contributed by atoms with Gasteiger partial charge < -0.3 is 4.40 Å². The van der Waals surface area contributed by atoms with Gasteiger partial charge in [0.2, 0.25) is 0 Å². The number of benzene rings is 9. The molecule has 0 aliphatic carbocycles. The third-order valence-electron chi connectivity index (χ3n) is 11.9. The van der Waals surface area contributed by atoms with Crippen molar-refractivity contribution in [1.29, 1.82) is 0 Å². The van der Waals surface area contributed by atoms with Crippen molar-refractivity contribution in [3.05, 3.63) is 176 Å². The molecule has 3 nitrogen and oxygen atoms in total. The standard InChI is InChI=1S/C52H29N3S/c1-2-12-31(13-3-1)52-53-48-33-14-5-4-11-30(33)23-26-43(48)49(54-52)39-27-28-44-47-37(39)17-9-18-38(47)41-20-10-19-40-35-25-24-32(29-45(35)55(44)50(40)41)34-16-8-21-42-36-15-6-7-22-46(36)56-51(34)42/h1-29H. The quantitative estimate of drug-likeness (QED) is 0.134. The molecule has 13 rings (SSSR count). The van der Waals surface area contributed by atoms with Crippen LogP contribution in [0.5, 0.6) is 0 Å². The average Bonchev–Trinajstić information content (AvgIpc) is 3.81. The molecule has 4 heterocycles. The van der Waals surface area contributed by atoms with Gasteiger partial charge in [-0.25, -0.2) is 9.97 Å². The summed E-state index contributed by atoms with van der Waals surface area (Å²) >= 11 is 1.89. The molecule has 13 aromatic rings. The zero-order chi connectivity index (χ0) is 36.5. The number of nitrogens with zero attached hydrogens (tertiary/aromatic N) is 3. The van der Waals surface area contributed by atoms with Crippen molar-refractivity contribution >= 4 is 102 Å². The van der Waals surface area contributed by atoms with Crippen molar-refractivity contribution in [1.82, 2.24) is 14.4 Å². The lowest BCUT2D eigenvalue weighted by Crippen LogP contribution is -1.98. The minimum absolute atomic E-state index is 0.731. The van der Waals surface area contributed by atoms with Crippen molar-refractivity contribution in [3.8, 4) is 33.8 Å². The van der Waals surface area contributed by atoms with E-state index in [1.807, 2.05) is 17.4 Å². The van der Waals surface area contributed by atoms with Gasteiger partial charge in [0.05, 0.1) is 27.8 Å². The van der Waals surface area contributed by atoms with Gasteiger partial charge >= 0.3 is 0 Å². The lowest BCUT2D eigenvalue weighted by molar-refractivity contribution is 1.24. The SMILES string of the molecule is c1ccc(-c2nc(-c3ccc4c5c3cccc5c3cccc5c6ccc(-c7cccc8c7sc7ccccc78)cc6n4c35)c3ccc4ccccc4c3n2)cc1. The summed E-state index contributed by atoms with van der Waals surface area (Å²) in [5.41, 5.74) is 10.2. The Morgan fingerprint density at radius 3 is 2.04 bits per heavy atom. The highest BCUT2D eigenvalue weighted by Gasteiger charge is 2.22. The number of para-hydroxylation sites is 1. The van der Waals surface area contributed by atoms with Crippen LogP contribution in [0.15, 0.2) is 176 Å². The van der Waals surface area contributed by atoms with Crippen LogP contribution >= 0.6 is 11.3 Å². The van der Waals surface area contributed by atoms with Crippen LogP contribution < -0.4 is 0 Å². The zero-order valence-corrected chi connectivity index (χ0v) is 30.8. The lowest BCUT2D eigenvalue weighted by atomic mass is 9.93. The van der Waals surface area contributed by atoms with Crippen LogP contribution in [-0.4, -0.2) is 14.4 Å². The smallest absolute Gasteiger partial charge is 0.160 e. The van der Waals surface area contributed by atoms with Crippen LogP contribution in [0.4, 0.5) is 0 Å². The summed E-state index contributed by atoms with van der Waals surface area (Å²) in [6.07, 6.45) is 0. The maximum atomic E-state index is 5.39. The van der Waals surface area contributed by atoms with Gasteiger partial charge in [-0.3, -0.25) is 0 Å². The predicted molar refractivity (Wildman–Crippen MR) is 238 cm³/mol. The fraction of sp³-hybridized carbons (Fsp3) is 0. The van der Waals surface area contributed by atoms with Gasteiger partial charge in [-0.05, 0) is 51.6 Å². The summed E-state index contributed by atoms with van der Waals surface area (Å²) in [4.78, 5) is 10.6. The van der Waals surface area contributed by atoms with Gasteiger partial charge in [0, 0.05) is 63.6 Å². The first kappa shape index (κ1) is 30.2. The molecule has 0 fully saturated rings. The van der Waals surface area contributed by atoms with Crippen LogP contribution in [0.1, 0.15) is 0 Å². The minimum Gasteiger partial charge on any atom is -0.308 e. The summed E-state index contributed by atoms with van der Waals surface area (Å²) < 4.78 is 5.18. The van der Waals surface area contributed by atoms with E-state index in [4.69, 9.17) is 9.97 Å². The van der Waals surface area contributed by atoms with Gasteiger partial charge in [0.15, 0.2) is 5.82 Å². The van der Waals surface area contributed by atoms with E-state index in [1.54, 1.807) is 0 Å². The van der Waals surface area contributed by atoms with E-state index in [0.29, 0.717) is 0 Å². The Hall–Kier alpha value is -7.14. The first-order chi connectivity index (χ1) is 27.8. The monoisotopic (exact) mass is 727 g/mol. The first-order valence-electron chi connectivity index (χ1n) is 19.1. The van der Waals surface area contributed by atoms with E-state index in [1.165, 1.54) is 85.6 Å². The fourth-order valence-corrected chi connectivity index (χ4v) is 10.7. The molecule has 0 spiro atoms. The first-order valence-corrected chi connectivity index (χ1v) is 19.9. The summed E-state index contributed by atoms with van der Waals surface area (Å²) in [6, 6.07) is 64.1. The van der Waals surface area contributed by atoms with Crippen molar-refractivity contribution in [2.45, 2.75) is 0 Å². The molecule has 9 aromatic carbocycles. The molecular formula is C52H29N3S. The number of hydrogen-bond donors (Lipinski definition) is 0. The highest BCUT2D eigenvalue weighted by atomic mass is 32.1. The number of rotatable bonds is 3. The molecule has 0 radical (unpaired) electrons. The Kier molecular flexibility index (Phi) is 6.04. The Labute approximate surface area is 324 Å². The number of thiophene rings is 1.